The summed E-state index contributed by atoms with van der Waals surface area (Å²) in [6.07, 6.45) is 1.08. The zero-order valence-corrected chi connectivity index (χ0v) is 18.8. The molecule has 7 nitrogen and oxygen atoms in total. The first-order valence-corrected chi connectivity index (χ1v) is 12.3. The van der Waals surface area contributed by atoms with Gasteiger partial charge in [-0.1, -0.05) is 35.9 Å². The Morgan fingerprint density at radius 2 is 1.87 bits per heavy atom. The van der Waals surface area contributed by atoms with Crippen molar-refractivity contribution < 1.29 is 17.9 Å². The smallest absolute Gasteiger partial charge is 0.242 e. The summed E-state index contributed by atoms with van der Waals surface area (Å²) in [5.41, 5.74) is 2.53. The van der Waals surface area contributed by atoms with Crippen LogP contribution < -0.4 is 9.46 Å². The number of carbonyl (C=O) groups is 1. The summed E-state index contributed by atoms with van der Waals surface area (Å²) in [7, 11) is -3.74. The van der Waals surface area contributed by atoms with Crippen LogP contribution in [0.3, 0.4) is 0 Å². The van der Waals surface area contributed by atoms with Gasteiger partial charge >= 0.3 is 0 Å². The zero-order chi connectivity index (χ0) is 21.8. The van der Waals surface area contributed by atoms with Gasteiger partial charge in [-0.15, -0.1) is 0 Å². The van der Waals surface area contributed by atoms with E-state index in [4.69, 9.17) is 16.3 Å². The maximum absolute atomic E-state index is 12.5. The molecule has 0 unspecified atom stereocenters. The lowest BCUT2D eigenvalue weighted by molar-refractivity contribution is -0.132. The average molecular weight is 464 g/mol. The third-order valence-corrected chi connectivity index (χ3v) is 7.60. The van der Waals surface area contributed by atoms with Gasteiger partial charge in [-0.3, -0.25) is 9.69 Å². The Kier molecular flexibility index (Phi) is 6.81. The van der Waals surface area contributed by atoms with Gasteiger partial charge in [0.15, 0.2) is 0 Å². The lowest BCUT2D eigenvalue weighted by Crippen LogP contribution is -2.48. The monoisotopic (exact) mass is 463 g/mol. The molecular formula is C22H26ClN3O4S. The largest absolute Gasteiger partial charge is 0.493 e. The van der Waals surface area contributed by atoms with E-state index in [-0.39, 0.29) is 28.8 Å². The number of piperazine rings is 1. The molecular weight excluding hydrogens is 438 g/mol. The van der Waals surface area contributed by atoms with Gasteiger partial charge in [-0.05, 0) is 29.3 Å². The first-order chi connectivity index (χ1) is 14.9. The minimum absolute atomic E-state index is 0.0239. The Balaban J connectivity index is 1.22. The summed E-state index contributed by atoms with van der Waals surface area (Å²) in [5.74, 6) is 0.945. The average Bonchev–Trinajstić information content (AvgIpc) is 3.22. The van der Waals surface area contributed by atoms with Crippen LogP contribution in [-0.4, -0.2) is 63.5 Å². The van der Waals surface area contributed by atoms with Crippen molar-refractivity contribution >= 4 is 27.5 Å². The maximum atomic E-state index is 12.5. The van der Waals surface area contributed by atoms with E-state index in [2.05, 4.69) is 21.8 Å². The van der Waals surface area contributed by atoms with Crippen molar-refractivity contribution in [1.82, 2.24) is 14.5 Å². The van der Waals surface area contributed by atoms with Gasteiger partial charge in [-0.2, -0.15) is 0 Å². The molecule has 2 aromatic rings. The number of hydrogen-bond acceptors (Lipinski definition) is 5. The van der Waals surface area contributed by atoms with Gasteiger partial charge in [0, 0.05) is 52.1 Å². The molecule has 0 aromatic heterocycles. The molecule has 1 N–H and O–H groups in total. The molecule has 1 fully saturated rings. The molecule has 0 bridgehead atoms. The number of benzene rings is 2. The topological polar surface area (TPSA) is 79.0 Å². The number of sulfonamides is 1. The summed E-state index contributed by atoms with van der Waals surface area (Å²) < 4.78 is 32.8. The molecule has 0 aliphatic carbocycles. The second-order valence-corrected chi connectivity index (χ2v) is 9.92. The van der Waals surface area contributed by atoms with Crippen LogP contribution in [0.5, 0.6) is 5.75 Å². The van der Waals surface area contributed by atoms with Crippen molar-refractivity contribution in [2.75, 3.05) is 39.3 Å². The Morgan fingerprint density at radius 1 is 1.10 bits per heavy atom. The molecule has 2 aliphatic rings. The number of nitrogens with one attached hydrogen (secondary N) is 1. The van der Waals surface area contributed by atoms with Crippen LogP contribution in [-0.2, 0) is 27.8 Å². The van der Waals surface area contributed by atoms with Crippen LogP contribution in [0.25, 0.3) is 0 Å². The molecule has 2 aromatic carbocycles. The lowest BCUT2D eigenvalue weighted by Gasteiger charge is -2.35. The number of amides is 1. The number of carbonyl (C=O) groups excluding carboxylic acids is 1. The Morgan fingerprint density at radius 3 is 2.65 bits per heavy atom. The first kappa shape index (κ1) is 22.1. The van der Waals surface area contributed by atoms with E-state index in [0.717, 1.165) is 38.4 Å². The van der Waals surface area contributed by atoms with Crippen LogP contribution in [0.1, 0.15) is 17.5 Å². The summed E-state index contributed by atoms with van der Waals surface area (Å²) in [5, 5.41) is 0.161. The van der Waals surface area contributed by atoms with Crippen LogP contribution in [0.4, 0.5) is 0 Å². The minimum atomic E-state index is -3.74. The summed E-state index contributed by atoms with van der Waals surface area (Å²) in [4.78, 5) is 16.7. The fraction of sp³-hybridized carbons (Fsp3) is 0.409. The molecule has 1 saturated heterocycles. The van der Waals surface area contributed by atoms with E-state index in [1.807, 2.05) is 6.07 Å². The van der Waals surface area contributed by atoms with Gasteiger partial charge in [-0.25, -0.2) is 13.1 Å². The second kappa shape index (κ2) is 9.56. The molecule has 0 radical (unpaired) electrons. The number of hydrogen-bond donors (Lipinski definition) is 1. The van der Waals surface area contributed by atoms with Crippen molar-refractivity contribution in [2.24, 2.45) is 0 Å². The van der Waals surface area contributed by atoms with E-state index in [0.29, 0.717) is 13.1 Å². The summed E-state index contributed by atoms with van der Waals surface area (Å²) in [6.45, 7) is 4.54. The standard InChI is InChI=1S/C22H26ClN3O4S/c23-19-3-1-2-4-21(19)31(28,29)24-9-7-22(27)26-12-10-25(11-13-26)16-17-5-6-20-18(15-17)8-14-30-20/h1-6,15,24H,7-14,16H2. The van der Waals surface area contributed by atoms with E-state index < -0.39 is 10.0 Å². The predicted molar refractivity (Wildman–Crippen MR) is 119 cm³/mol. The normalized spacial score (nSPS) is 16.7. The zero-order valence-electron chi connectivity index (χ0n) is 17.2. The van der Waals surface area contributed by atoms with E-state index in [1.165, 1.54) is 23.3 Å². The number of ether oxygens (including phenoxy) is 1. The van der Waals surface area contributed by atoms with Gasteiger partial charge in [0.05, 0.1) is 11.6 Å². The summed E-state index contributed by atoms with van der Waals surface area (Å²) >= 11 is 5.97. The first-order valence-electron chi connectivity index (χ1n) is 10.4. The highest BCUT2D eigenvalue weighted by Gasteiger charge is 2.23. The maximum Gasteiger partial charge on any atom is 0.242 e. The number of nitrogens with zero attached hydrogens (tertiary/aromatic N) is 2. The van der Waals surface area contributed by atoms with Gasteiger partial charge in [0.25, 0.3) is 0 Å². The van der Waals surface area contributed by atoms with Crippen LogP contribution in [0, 0.1) is 0 Å². The molecule has 31 heavy (non-hydrogen) atoms. The Labute approximate surface area is 188 Å². The van der Waals surface area contributed by atoms with Crippen molar-refractivity contribution in [3.63, 3.8) is 0 Å². The highest BCUT2D eigenvalue weighted by molar-refractivity contribution is 7.89. The minimum Gasteiger partial charge on any atom is -0.493 e. The van der Waals surface area contributed by atoms with Crippen molar-refractivity contribution in [1.29, 1.82) is 0 Å². The predicted octanol–water partition coefficient (Wildman–Crippen LogP) is 2.29. The van der Waals surface area contributed by atoms with E-state index >= 15 is 0 Å². The number of fused-ring (bicyclic) bond motifs is 1. The molecule has 0 atom stereocenters. The quantitative estimate of drug-likeness (QED) is 0.681. The van der Waals surface area contributed by atoms with Gasteiger partial charge in [0.2, 0.25) is 15.9 Å². The fourth-order valence-corrected chi connectivity index (χ4v) is 5.49. The molecule has 4 rings (SSSR count). The van der Waals surface area contributed by atoms with E-state index in [9.17, 15) is 13.2 Å². The van der Waals surface area contributed by atoms with Crippen LogP contribution in [0.15, 0.2) is 47.4 Å². The second-order valence-electron chi connectivity index (χ2n) is 7.78. The highest BCUT2D eigenvalue weighted by Crippen LogP contribution is 2.26. The number of rotatable bonds is 7. The van der Waals surface area contributed by atoms with Crippen LogP contribution >= 0.6 is 11.6 Å². The summed E-state index contributed by atoms with van der Waals surface area (Å²) in [6, 6.07) is 12.6. The van der Waals surface area contributed by atoms with Crippen molar-refractivity contribution in [3.8, 4) is 5.75 Å². The fourth-order valence-electron chi connectivity index (χ4n) is 3.94. The van der Waals surface area contributed by atoms with Gasteiger partial charge in [0.1, 0.15) is 10.6 Å². The number of halogens is 1. The molecule has 166 valence electrons. The Hall–Kier alpha value is -2.13. The molecule has 0 spiro atoms. The molecule has 1 amide bonds. The van der Waals surface area contributed by atoms with Crippen molar-refractivity contribution in [3.05, 3.63) is 58.6 Å². The molecule has 0 saturated carbocycles. The van der Waals surface area contributed by atoms with Crippen LogP contribution in [0.2, 0.25) is 5.02 Å². The molecule has 2 aliphatic heterocycles. The SMILES string of the molecule is O=C(CCNS(=O)(=O)c1ccccc1Cl)N1CCN(Cc2ccc3c(c2)CCO3)CC1. The molecule has 2 heterocycles. The molecule has 9 heteroatoms. The van der Waals surface area contributed by atoms with Gasteiger partial charge < -0.3 is 9.64 Å². The third-order valence-electron chi connectivity index (χ3n) is 5.64. The third kappa shape index (κ3) is 5.38. The highest BCUT2D eigenvalue weighted by atomic mass is 35.5. The Bertz CT molecular complexity index is 1050. The van der Waals surface area contributed by atoms with Crippen molar-refractivity contribution in [2.45, 2.75) is 24.3 Å². The van der Waals surface area contributed by atoms with E-state index in [1.54, 1.807) is 17.0 Å². The lowest BCUT2D eigenvalue weighted by atomic mass is 10.1.